The number of hydrogen-bond donors (Lipinski definition) is 1. The number of nitrogens with zero attached hydrogens (tertiary/aromatic N) is 1. The zero-order chi connectivity index (χ0) is 10.3. The molecule has 15 heavy (non-hydrogen) atoms. The molecular weight excluding hydrogens is 212 g/mol. The van der Waals surface area contributed by atoms with Crippen LogP contribution in [0.5, 0.6) is 0 Å². The molecule has 2 heterocycles. The zero-order valence-electron chi connectivity index (χ0n) is 7.96. The summed E-state index contributed by atoms with van der Waals surface area (Å²) in [5.74, 6) is 0.831. The number of fused-ring (bicyclic) bond motifs is 1. The summed E-state index contributed by atoms with van der Waals surface area (Å²) in [7, 11) is 0. The summed E-state index contributed by atoms with van der Waals surface area (Å²) in [6.07, 6.45) is 0. The van der Waals surface area contributed by atoms with Gasteiger partial charge in [-0.1, -0.05) is 28.9 Å². The second-order valence-corrected chi connectivity index (χ2v) is 3.99. The maximum atomic E-state index is 5.94. The highest BCUT2D eigenvalue weighted by atomic mass is 35.5. The largest absolute Gasteiger partial charge is 0.356 e. The van der Waals surface area contributed by atoms with Gasteiger partial charge in [0.15, 0.2) is 5.76 Å². The van der Waals surface area contributed by atoms with Gasteiger partial charge in [-0.2, -0.15) is 0 Å². The van der Waals surface area contributed by atoms with Crippen molar-refractivity contribution in [3.8, 4) is 11.3 Å². The highest BCUT2D eigenvalue weighted by molar-refractivity contribution is 6.30. The van der Waals surface area contributed by atoms with Crippen molar-refractivity contribution in [2.75, 3.05) is 0 Å². The Morgan fingerprint density at radius 2 is 2.27 bits per heavy atom. The predicted molar refractivity (Wildman–Crippen MR) is 57.5 cm³/mol. The van der Waals surface area contributed by atoms with Gasteiger partial charge in [0, 0.05) is 29.2 Å². The van der Waals surface area contributed by atoms with Crippen LogP contribution < -0.4 is 5.32 Å². The highest BCUT2D eigenvalue weighted by Crippen LogP contribution is 2.30. The standard InChI is InChI=1S/C11H9ClN2O/c12-8-3-1-2-7(4-8)11-9-5-13-6-10(9)14-15-11/h1-4,13H,5-6H2. The number of hydrogen-bond acceptors (Lipinski definition) is 3. The molecule has 1 N–H and O–H groups in total. The third-order valence-electron chi connectivity index (χ3n) is 2.55. The Morgan fingerprint density at radius 1 is 1.33 bits per heavy atom. The van der Waals surface area contributed by atoms with Gasteiger partial charge in [-0.15, -0.1) is 0 Å². The molecule has 1 aromatic heterocycles. The Labute approximate surface area is 92.0 Å². The van der Waals surface area contributed by atoms with E-state index in [0.717, 1.165) is 35.7 Å². The van der Waals surface area contributed by atoms with Gasteiger partial charge < -0.3 is 9.84 Å². The van der Waals surface area contributed by atoms with Crippen LogP contribution in [0.2, 0.25) is 5.02 Å². The van der Waals surface area contributed by atoms with Crippen molar-refractivity contribution in [2.45, 2.75) is 13.1 Å². The fraction of sp³-hybridized carbons (Fsp3) is 0.182. The number of rotatable bonds is 1. The first-order valence-electron chi connectivity index (χ1n) is 4.78. The molecule has 1 aromatic carbocycles. The summed E-state index contributed by atoms with van der Waals surface area (Å²) in [6.45, 7) is 1.61. The Kier molecular flexibility index (Phi) is 2.01. The Morgan fingerprint density at radius 3 is 3.13 bits per heavy atom. The molecule has 2 aromatic rings. The summed E-state index contributed by atoms with van der Waals surface area (Å²) in [5.41, 5.74) is 3.14. The van der Waals surface area contributed by atoms with E-state index >= 15 is 0 Å². The quantitative estimate of drug-likeness (QED) is 0.803. The minimum Gasteiger partial charge on any atom is -0.356 e. The van der Waals surface area contributed by atoms with Crippen LogP contribution in [0.1, 0.15) is 11.3 Å². The minimum absolute atomic E-state index is 0.712. The lowest BCUT2D eigenvalue weighted by molar-refractivity contribution is 0.417. The van der Waals surface area contributed by atoms with Crippen LogP contribution >= 0.6 is 11.6 Å². The summed E-state index contributed by atoms with van der Waals surface area (Å²) in [6, 6.07) is 7.63. The average Bonchev–Trinajstić information content (AvgIpc) is 2.77. The molecule has 76 valence electrons. The van der Waals surface area contributed by atoms with Crippen LogP contribution in [0.25, 0.3) is 11.3 Å². The molecule has 0 amide bonds. The van der Waals surface area contributed by atoms with Gasteiger partial charge in [0.1, 0.15) is 5.69 Å². The van der Waals surface area contributed by atoms with E-state index in [1.807, 2.05) is 24.3 Å². The average molecular weight is 221 g/mol. The predicted octanol–water partition coefficient (Wildman–Crippen LogP) is 2.60. The minimum atomic E-state index is 0.712. The molecule has 0 bridgehead atoms. The number of benzene rings is 1. The van der Waals surface area contributed by atoms with E-state index in [-0.39, 0.29) is 0 Å². The first-order chi connectivity index (χ1) is 7.34. The maximum absolute atomic E-state index is 5.94. The van der Waals surface area contributed by atoms with Gasteiger partial charge in [-0.25, -0.2) is 0 Å². The van der Waals surface area contributed by atoms with Gasteiger partial charge in [0.2, 0.25) is 0 Å². The molecule has 0 aliphatic carbocycles. The van der Waals surface area contributed by atoms with Crippen molar-refractivity contribution in [1.82, 2.24) is 10.5 Å². The van der Waals surface area contributed by atoms with E-state index in [0.29, 0.717) is 5.02 Å². The molecule has 0 spiro atoms. The fourth-order valence-electron chi connectivity index (χ4n) is 1.83. The van der Waals surface area contributed by atoms with Crippen molar-refractivity contribution in [1.29, 1.82) is 0 Å². The second-order valence-electron chi connectivity index (χ2n) is 3.55. The van der Waals surface area contributed by atoms with Gasteiger partial charge in [0.05, 0.1) is 0 Å². The first kappa shape index (κ1) is 8.95. The van der Waals surface area contributed by atoms with Crippen molar-refractivity contribution in [3.63, 3.8) is 0 Å². The maximum Gasteiger partial charge on any atom is 0.171 e. The van der Waals surface area contributed by atoms with Crippen molar-refractivity contribution < 1.29 is 4.52 Å². The van der Waals surface area contributed by atoms with Gasteiger partial charge in [-0.3, -0.25) is 0 Å². The zero-order valence-corrected chi connectivity index (χ0v) is 8.71. The monoisotopic (exact) mass is 220 g/mol. The van der Waals surface area contributed by atoms with E-state index in [1.165, 1.54) is 0 Å². The summed E-state index contributed by atoms with van der Waals surface area (Å²) in [4.78, 5) is 0. The molecule has 0 saturated carbocycles. The number of halogens is 1. The SMILES string of the molecule is Clc1cccc(-c2onc3c2CNC3)c1. The van der Waals surface area contributed by atoms with Crippen molar-refractivity contribution in [3.05, 3.63) is 40.5 Å². The van der Waals surface area contributed by atoms with Crippen LogP contribution in [0.4, 0.5) is 0 Å². The molecule has 0 saturated heterocycles. The fourth-order valence-corrected chi connectivity index (χ4v) is 2.02. The lowest BCUT2D eigenvalue weighted by atomic mass is 10.1. The van der Waals surface area contributed by atoms with Crippen LogP contribution in [0.15, 0.2) is 28.8 Å². The highest BCUT2D eigenvalue weighted by Gasteiger charge is 2.21. The van der Waals surface area contributed by atoms with Crippen LogP contribution in [-0.2, 0) is 13.1 Å². The van der Waals surface area contributed by atoms with Crippen molar-refractivity contribution >= 4 is 11.6 Å². The van der Waals surface area contributed by atoms with E-state index in [9.17, 15) is 0 Å². The van der Waals surface area contributed by atoms with Gasteiger partial charge >= 0.3 is 0 Å². The molecule has 1 aliphatic rings. The molecule has 3 nitrogen and oxygen atoms in total. The Bertz CT molecular complexity index is 507. The molecular formula is C11H9ClN2O. The van der Waals surface area contributed by atoms with Crippen LogP contribution in [0, 0.1) is 0 Å². The van der Waals surface area contributed by atoms with Crippen LogP contribution in [-0.4, -0.2) is 5.16 Å². The van der Waals surface area contributed by atoms with Crippen LogP contribution in [0.3, 0.4) is 0 Å². The van der Waals surface area contributed by atoms with E-state index in [1.54, 1.807) is 0 Å². The first-order valence-corrected chi connectivity index (χ1v) is 5.16. The summed E-state index contributed by atoms with van der Waals surface area (Å²) < 4.78 is 5.33. The molecule has 0 fully saturated rings. The van der Waals surface area contributed by atoms with Crippen molar-refractivity contribution in [2.24, 2.45) is 0 Å². The van der Waals surface area contributed by atoms with E-state index in [4.69, 9.17) is 16.1 Å². The summed E-state index contributed by atoms with van der Waals surface area (Å²) in [5, 5.41) is 7.97. The van der Waals surface area contributed by atoms with Gasteiger partial charge in [0.25, 0.3) is 0 Å². The molecule has 0 radical (unpaired) electrons. The Hall–Kier alpha value is -1.32. The molecule has 3 rings (SSSR count). The van der Waals surface area contributed by atoms with Gasteiger partial charge in [-0.05, 0) is 12.1 Å². The smallest absolute Gasteiger partial charge is 0.171 e. The normalized spacial score (nSPS) is 14.2. The molecule has 4 heteroatoms. The lowest BCUT2D eigenvalue weighted by Crippen LogP contribution is -2.01. The summed E-state index contributed by atoms with van der Waals surface area (Å²) >= 11 is 5.94. The Balaban J connectivity index is 2.13. The number of nitrogens with one attached hydrogen (secondary N) is 1. The molecule has 1 aliphatic heterocycles. The number of aromatic nitrogens is 1. The molecule has 0 unspecified atom stereocenters. The second kappa shape index (κ2) is 3.36. The molecule has 0 atom stereocenters. The van der Waals surface area contributed by atoms with E-state index < -0.39 is 0 Å². The third kappa shape index (κ3) is 1.44. The van der Waals surface area contributed by atoms with E-state index in [2.05, 4.69) is 10.5 Å². The topological polar surface area (TPSA) is 38.1 Å². The lowest BCUT2D eigenvalue weighted by Gasteiger charge is -1.98. The third-order valence-corrected chi connectivity index (χ3v) is 2.79.